The lowest BCUT2D eigenvalue weighted by atomic mass is 10.1. The van der Waals surface area contributed by atoms with Crippen LogP contribution in [0.1, 0.15) is 16.0 Å². The first-order chi connectivity index (χ1) is 13.9. The van der Waals surface area contributed by atoms with Crippen molar-refractivity contribution in [3.63, 3.8) is 0 Å². The van der Waals surface area contributed by atoms with E-state index in [0.717, 1.165) is 16.0 Å². The van der Waals surface area contributed by atoms with Gasteiger partial charge in [0.15, 0.2) is 0 Å². The minimum Gasteiger partial charge on any atom is -0.338 e. The van der Waals surface area contributed by atoms with Crippen LogP contribution < -0.4 is 0 Å². The monoisotopic (exact) mass is 448 g/mol. The van der Waals surface area contributed by atoms with E-state index in [4.69, 9.17) is 23.2 Å². The summed E-state index contributed by atoms with van der Waals surface area (Å²) in [5, 5.41) is 13.9. The van der Waals surface area contributed by atoms with Crippen LogP contribution in [0, 0.1) is 10.1 Å². The van der Waals surface area contributed by atoms with Crippen molar-refractivity contribution in [2.45, 2.75) is 19.4 Å². The Morgan fingerprint density at radius 3 is 2.48 bits per heavy atom. The van der Waals surface area contributed by atoms with Crippen molar-refractivity contribution in [2.24, 2.45) is 0 Å². The van der Waals surface area contributed by atoms with Gasteiger partial charge in [-0.2, -0.15) is 0 Å². The normalized spacial score (nSPS) is 10.7. The Balaban J connectivity index is 1.74. The van der Waals surface area contributed by atoms with E-state index >= 15 is 0 Å². The quantitative estimate of drug-likeness (QED) is 0.324. The van der Waals surface area contributed by atoms with E-state index < -0.39 is 4.92 Å². The minimum absolute atomic E-state index is 0.00381. The fraction of sp³-hybridized carbons (Fsp3) is 0.190. The highest BCUT2D eigenvalue weighted by molar-refractivity contribution is 7.10. The number of halogens is 2. The van der Waals surface area contributed by atoms with Gasteiger partial charge in [-0.1, -0.05) is 47.5 Å². The van der Waals surface area contributed by atoms with Gasteiger partial charge in [-0.3, -0.25) is 14.9 Å². The van der Waals surface area contributed by atoms with Gasteiger partial charge in [-0.05, 0) is 41.1 Å². The number of amides is 1. The first-order valence-corrected chi connectivity index (χ1v) is 10.5. The zero-order chi connectivity index (χ0) is 20.8. The third kappa shape index (κ3) is 6.03. The van der Waals surface area contributed by atoms with E-state index in [1.807, 2.05) is 23.6 Å². The van der Waals surface area contributed by atoms with Gasteiger partial charge in [0.25, 0.3) is 5.69 Å². The van der Waals surface area contributed by atoms with Crippen molar-refractivity contribution in [1.29, 1.82) is 0 Å². The molecule has 0 saturated carbocycles. The van der Waals surface area contributed by atoms with Gasteiger partial charge >= 0.3 is 0 Å². The number of nitro benzene ring substituents is 1. The Bertz CT molecular complexity index is 992. The first kappa shape index (κ1) is 21.3. The Labute approximate surface area is 182 Å². The van der Waals surface area contributed by atoms with E-state index in [0.29, 0.717) is 36.0 Å². The second kappa shape index (κ2) is 9.87. The zero-order valence-electron chi connectivity index (χ0n) is 15.4. The fourth-order valence-electron chi connectivity index (χ4n) is 2.89. The fourth-order valence-corrected chi connectivity index (χ4v) is 4.09. The Morgan fingerprint density at radius 1 is 1.10 bits per heavy atom. The number of non-ortho nitro benzene ring substituents is 1. The van der Waals surface area contributed by atoms with Crippen molar-refractivity contribution in [3.05, 3.63) is 96.1 Å². The molecule has 0 aliphatic carbocycles. The molecule has 0 unspecified atom stereocenters. The summed E-state index contributed by atoms with van der Waals surface area (Å²) in [6.45, 7) is 0.843. The van der Waals surface area contributed by atoms with Gasteiger partial charge < -0.3 is 4.90 Å². The van der Waals surface area contributed by atoms with Gasteiger partial charge in [0, 0.05) is 40.1 Å². The van der Waals surface area contributed by atoms with Crippen molar-refractivity contribution in [3.8, 4) is 0 Å². The molecule has 150 valence electrons. The van der Waals surface area contributed by atoms with Crippen LogP contribution in [0.15, 0.2) is 60.0 Å². The van der Waals surface area contributed by atoms with Gasteiger partial charge in [-0.25, -0.2) is 0 Å². The molecule has 0 aliphatic rings. The second-order valence-corrected chi connectivity index (χ2v) is 8.36. The molecule has 29 heavy (non-hydrogen) atoms. The molecular formula is C21H18Cl2N2O3S. The van der Waals surface area contributed by atoms with E-state index in [1.54, 1.807) is 40.5 Å². The van der Waals surface area contributed by atoms with Gasteiger partial charge in [0.1, 0.15) is 0 Å². The second-order valence-electron chi connectivity index (χ2n) is 6.48. The molecule has 3 rings (SSSR count). The van der Waals surface area contributed by atoms with Crippen molar-refractivity contribution < 1.29 is 9.72 Å². The summed E-state index contributed by atoms with van der Waals surface area (Å²) in [4.78, 5) is 26.1. The van der Waals surface area contributed by atoms with Crippen molar-refractivity contribution in [2.75, 3.05) is 6.54 Å². The predicted molar refractivity (Wildman–Crippen MR) is 117 cm³/mol. The maximum atomic E-state index is 12.9. The van der Waals surface area contributed by atoms with Crippen molar-refractivity contribution in [1.82, 2.24) is 4.90 Å². The molecule has 1 heterocycles. The number of carbonyl (C=O) groups is 1. The highest BCUT2D eigenvalue weighted by atomic mass is 35.5. The van der Waals surface area contributed by atoms with Crippen LogP contribution in [0.4, 0.5) is 5.69 Å². The van der Waals surface area contributed by atoms with Crippen LogP contribution in [0.2, 0.25) is 10.0 Å². The van der Waals surface area contributed by atoms with E-state index in [1.165, 1.54) is 12.1 Å². The molecule has 1 aromatic heterocycles. The summed E-state index contributed by atoms with van der Waals surface area (Å²) < 4.78 is 0. The number of hydrogen-bond acceptors (Lipinski definition) is 4. The van der Waals surface area contributed by atoms with Gasteiger partial charge in [0.2, 0.25) is 5.91 Å². The predicted octanol–water partition coefficient (Wildman–Crippen LogP) is 5.78. The summed E-state index contributed by atoms with van der Waals surface area (Å²) in [5.74, 6) is -0.00381. The average molecular weight is 449 g/mol. The third-order valence-electron chi connectivity index (χ3n) is 4.45. The summed E-state index contributed by atoms with van der Waals surface area (Å²) in [6.07, 6.45) is 0.901. The highest BCUT2D eigenvalue weighted by Crippen LogP contribution is 2.22. The molecule has 1 amide bonds. The standard InChI is InChI=1S/C21H18Cl2N2O3S/c22-17-6-5-16(20(23)12-17)9-10-24(21(26)13-19-2-1-11-29-19)14-15-3-7-18(8-4-15)25(27)28/h1-8,11-12H,9-10,13-14H2. The minimum atomic E-state index is -0.438. The van der Waals surface area contributed by atoms with E-state index in [-0.39, 0.29) is 11.6 Å². The number of hydrogen-bond donors (Lipinski definition) is 0. The molecule has 0 N–H and O–H groups in total. The first-order valence-electron chi connectivity index (χ1n) is 8.90. The van der Waals surface area contributed by atoms with Crippen LogP contribution in [0.3, 0.4) is 0 Å². The smallest absolute Gasteiger partial charge is 0.269 e. The van der Waals surface area contributed by atoms with Gasteiger partial charge in [-0.15, -0.1) is 11.3 Å². The molecule has 0 fully saturated rings. The van der Waals surface area contributed by atoms with Crippen LogP contribution in [-0.4, -0.2) is 22.3 Å². The topological polar surface area (TPSA) is 63.5 Å². The van der Waals surface area contributed by atoms with Gasteiger partial charge in [0.05, 0.1) is 11.3 Å². The average Bonchev–Trinajstić information content (AvgIpc) is 3.19. The number of rotatable bonds is 8. The Morgan fingerprint density at radius 2 is 1.86 bits per heavy atom. The Hall–Kier alpha value is -2.41. The molecular weight excluding hydrogens is 431 g/mol. The number of thiophene rings is 1. The molecule has 8 heteroatoms. The van der Waals surface area contributed by atoms with Crippen molar-refractivity contribution >= 4 is 46.1 Å². The van der Waals surface area contributed by atoms with Crippen LogP contribution in [0.5, 0.6) is 0 Å². The molecule has 0 bridgehead atoms. The maximum Gasteiger partial charge on any atom is 0.269 e. The lowest BCUT2D eigenvalue weighted by molar-refractivity contribution is -0.384. The Kier molecular flexibility index (Phi) is 7.25. The lowest BCUT2D eigenvalue weighted by Crippen LogP contribution is -2.33. The third-order valence-corrected chi connectivity index (χ3v) is 5.91. The van der Waals surface area contributed by atoms with Crippen LogP contribution >= 0.6 is 34.5 Å². The summed E-state index contributed by atoms with van der Waals surface area (Å²) in [7, 11) is 0. The van der Waals surface area contributed by atoms with E-state index in [2.05, 4.69) is 0 Å². The summed E-state index contributed by atoms with van der Waals surface area (Å²) in [6, 6.07) is 15.4. The molecule has 0 aliphatic heterocycles. The number of nitro groups is 1. The molecule has 5 nitrogen and oxygen atoms in total. The molecule has 2 aromatic carbocycles. The molecule has 0 radical (unpaired) electrons. The lowest BCUT2D eigenvalue weighted by Gasteiger charge is -2.23. The molecule has 0 saturated heterocycles. The molecule has 0 atom stereocenters. The summed E-state index contributed by atoms with van der Waals surface area (Å²) >= 11 is 13.8. The molecule has 0 spiro atoms. The number of nitrogens with zero attached hydrogens (tertiary/aromatic N) is 2. The van der Waals surface area contributed by atoms with E-state index in [9.17, 15) is 14.9 Å². The SMILES string of the molecule is O=C(Cc1cccs1)N(CCc1ccc(Cl)cc1Cl)Cc1ccc([N+](=O)[O-])cc1. The van der Waals surface area contributed by atoms with Crippen LogP contribution in [-0.2, 0) is 24.2 Å². The van der Waals surface area contributed by atoms with Crippen LogP contribution in [0.25, 0.3) is 0 Å². The number of carbonyl (C=O) groups excluding carboxylic acids is 1. The highest BCUT2D eigenvalue weighted by Gasteiger charge is 2.17. The summed E-state index contributed by atoms with van der Waals surface area (Å²) in [5.41, 5.74) is 1.77. The zero-order valence-corrected chi connectivity index (χ0v) is 17.7. The maximum absolute atomic E-state index is 12.9. The molecule has 3 aromatic rings. The largest absolute Gasteiger partial charge is 0.338 e. The number of benzene rings is 2.